The Labute approximate surface area is 154 Å². The van der Waals surface area contributed by atoms with Crippen LogP contribution in [0.5, 0.6) is 0 Å². The van der Waals surface area contributed by atoms with Gasteiger partial charge in [-0.2, -0.15) is 0 Å². The first-order valence-electron chi connectivity index (χ1n) is 7.55. The van der Waals surface area contributed by atoms with Gasteiger partial charge in [0.2, 0.25) is 0 Å². The molecule has 0 aliphatic carbocycles. The van der Waals surface area contributed by atoms with Gasteiger partial charge in [-0.05, 0) is 36.5 Å². The summed E-state index contributed by atoms with van der Waals surface area (Å²) in [6.45, 7) is 0. The summed E-state index contributed by atoms with van der Waals surface area (Å²) in [5.41, 5.74) is 0.410. The van der Waals surface area contributed by atoms with Gasteiger partial charge >= 0.3 is 5.97 Å². The van der Waals surface area contributed by atoms with E-state index >= 15 is 0 Å². The molecule has 132 valence electrons. The molecule has 1 aromatic carbocycles. The number of hydrogen-bond donors (Lipinski definition) is 1. The van der Waals surface area contributed by atoms with Gasteiger partial charge in [-0.25, -0.2) is 4.79 Å². The molecule has 26 heavy (non-hydrogen) atoms. The van der Waals surface area contributed by atoms with Crippen LogP contribution in [0.15, 0.2) is 46.4 Å². The van der Waals surface area contributed by atoms with E-state index in [0.29, 0.717) is 11.3 Å². The van der Waals surface area contributed by atoms with Crippen molar-refractivity contribution in [1.82, 2.24) is 9.80 Å². The van der Waals surface area contributed by atoms with E-state index in [-0.39, 0.29) is 22.0 Å². The molecular formula is C18H14N2O5S. The Morgan fingerprint density at radius 2 is 1.69 bits per heavy atom. The van der Waals surface area contributed by atoms with E-state index < -0.39 is 17.8 Å². The summed E-state index contributed by atoms with van der Waals surface area (Å²) in [5.74, 6) is -1.55. The number of amides is 2. The second kappa shape index (κ2) is 6.57. The normalized spacial score (nSPS) is 14.8. The zero-order chi connectivity index (χ0) is 19.0. The van der Waals surface area contributed by atoms with Crippen LogP contribution >= 0.6 is 12.2 Å². The number of likely N-dealkylation sites (N-methyl/N-ethyl adjacent to an activating group) is 2. The van der Waals surface area contributed by atoms with Gasteiger partial charge in [0.05, 0.1) is 5.56 Å². The highest BCUT2D eigenvalue weighted by atomic mass is 32.1. The minimum atomic E-state index is -1.08. The molecule has 2 amide bonds. The van der Waals surface area contributed by atoms with E-state index in [0.717, 1.165) is 0 Å². The highest BCUT2D eigenvalue weighted by Crippen LogP contribution is 2.27. The quantitative estimate of drug-likeness (QED) is 0.506. The van der Waals surface area contributed by atoms with Gasteiger partial charge in [-0.1, -0.05) is 18.2 Å². The second-order valence-electron chi connectivity index (χ2n) is 5.62. The molecule has 0 bridgehead atoms. The van der Waals surface area contributed by atoms with Crippen LogP contribution < -0.4 is 0 Å². The molecule has 0 atom stereocenters. The molecule has 7 nitrogen and oxygen atoms in total. The molecule has 2 heterocycles. The number of hydrogen-bond acceptors (Lipinski definition) is 5. The van der Waals surface area contributed by atoms with Crippen LogP contribution in [0.1, 0.15) is 16.1 Å². The van der Waals surface area contributed by atoms with E-state index in [9.17, 15) is 19.5 Å². The third kappa shape index (κ3) is 2.91. The van der Waals surface area contributed by atoms with Gasteiger partial charge in [0.1, 0.15) is 17.1 Å². The van der Waals surface area contributed by atoms with Crippen LogP contribution in [-0.4, -0.2) is 51.9 Å². The number of benzene rings is 1. The summed E-state index contributed by atoms with van der Waals surface area (Å²) >= 11 is 5.03. The number of rotatable bonds is 3. The molecule has 2 aromatic rings. The highest BCUT2D eigenvalue weighted by molar-refractivity contribution is 7.80. The number of furan rings is 1. The molecular weight excluding hydrogens is 356 g/mol. The Balaban J connectivity index is 2.00. The highest BCUT2D eigenvalue weighted by Gasteiger charge is 2.35. The first kappa shape index (κ1) is 17.6. The van der Waals surface area contributed by atoms with E-state index in [1.54, 1.807) is 30.3 Å². The van der Waals surface area contributed by atoms with Crippen molar-refractivity contribution in [3.8, 4) is 11.3 Å². The van der Waals surface area contributed by atoms with E-state index in [2.05, 4.69) is 0 Å². The monoisotopic (exact) mass is 370 g/mol. The molecule has 1 N–H and O–H groups in total. The molecule has 0 unspecified atom stereocenters. The van der Waals surface area contributed by atoms with E-state index in [4.69, 9.17) is 16.6 Å². The third-order valence-electron chi connectivity index (χ3n) is 3.98. The summed E-state index contributed by atoms with van der Waals surface area (Å²) in [4.78, 5) is 38.4. The first-order valence-corrected chi connectivity index (χ1v) is 7.96. The van der Waals surface area contributed by atoms with Crippen molar-refractivity contribution in [1.29, 1.82) is 0 Å². The average Bonchev–Trinajstić information content (AvgIpc) is 3.10. The first-order chi connectivity index (χ1) is 12.3. The Morgan fingerprint density at radius 1 is 1.08 bits per heavy atom. The number of carbonyl (C=O) groups is 3. The zero-order valence-electron chi connectivity index (χ0n) is 13.9. The van der Waals surface area contributed by atoms with E-state index in [1.165, 1.54) is 36.0 Å². The minimum Gasteiger partial charge on any atom is -0.478 e. The standard InChI is InChI=1S/C18H14N2O5S/c1-19-15(21)13(16(22)20(2)18(19)26)9-10-7-8-14(25-10)11-5-3-4-6-12(11)17(23)24/h3-9H,1-2H3,(H,23,24). The Morgan fingerprint density at radius 3 is 2.31 bits per heavy atom. The lowest BCUT2D eigenvalue weighted by molar-refractivity contribution is -0.132. The Kier molecular flexibility index (Phi) is 4.43. The number of thiocarbonyl (C=S) groups is 1. The molecule has 8 heteroatoms. The van der Waals surface area contributed by atoms with E-state index in [1.807, 2.05) is 0 Å². The molecule has 0 saturated carbocycles. The molecule has 1 aromatic heterocycles. The van der Waals surface area contributed by atoms with Crippen molar-refractivity contribution in [2.24, 2.45) is 0 Å². The summed E-state index contributed by atoms with van der Waals surface area (Å²) < 4.78 is 5.64. The smallest absolute Gasteiger partial charge is 0.336 e. The number of carbonyl (C=O) groups excluding carboxylic acids is 2. The topological polar surface area (TPSA) is 91.1 Å². The maximum atomic E-state index is 12.3. The predicted molar refractivity (Wildman–Crippen MR) is 97.2 cm³/mol. The SMILES string of the molecule is CN1C(=O)C(=Cc2ccc(-c3ccccc3C(=O)O)o2)C(=O)N(C)C1=S. The van der Waals surface area contributed by atoms with Gasteiger partial charge < -0.3 is 9.52 Å². The van der Waals surface area contributed by atoms with Crippen molar-refractivity contribution in [3.05, 3.63) is 53.3 Å². The molecule has 1 fully saturated rings. The Hall–Kier alpha value is -3.26. The van der Waals surface area contributed by atoms with Gasteiger partial charge in [0.25, 0.3) is 11.8 Å². The molecule has 3 rings (SSSR count). The van der Waals surface area contributed by atoms with Crippen molar-refractivity contribution in [3.63, 3.8) is 0 Å². The number of nitrogens with zero attached hydrogens (tertiary/aromatic N) is 2. The van der Waals surface area contributed by atoms with Crippen LogP contribution in [0, 0.1) is 0 Å². The van der Waals surface area contributed by atoms with Crippen LogP contribution in [0.3, 0.4) is 0 Å². The van der Waals surface area contributed by atoms with Gasteiger partial charge in [0, 0.05) is 19.7 Å². The molecule has 1 aliphatic rings. The molecule has 0 spiro atoms. The fourth-order valence-corrected chi connectivity index (χ4v) is 2.74. The fourth-order valence-electron chi connectivity index (χ4n) is 2.58. The largest absolute Gasteiger partial charge is 0.478 e. The lowest BCUT2D eigenvalue weighted by atomic mass is 10.1. The van der Waals surface area contributed by atoms with Crippen LogP contribution in [0.2, 0.25) is 0 Å². The maximum absolute atomic E-state index is 12.3. The summed E-state index contributed by atoms with van der Waals surface area (Å²) in [6, 6.07) is 9.56. The van der Waals surface area contributed by atoms with Crippen LogP contribution in [0.4, 0.5) is 0 Å². The van der Waals surface area contributed by atoms with Crippen molar-refractivity contribution in [2.75, 3.05) is 14.1 Å². The molecule has 0 radical (unpaired) electrons. The Bertz CT molecular complexity index is 949. The third-order valence-corrected chi connectivity index (χ3v) is 4.53. The lowest BCUT2D eigenvalue weighted by Crippen LogP contribution is -2.52. The van der Waals surface area contributed by atoms with Crippen molar-refractivity contribution in [2.45, 2.75) is 0 Å². The van der Waals surface area contributed by atoms with Gasteiger partial charge in [-0.3, -0.25) is 19.4 Å². The summed E-state index contributed by atoms with van der Waals surface area (Å²) in [7, 11) is 2.97. The summed E-state index contributed by atoms with van der Waals surface area (Å²) in [6.07, 6.45) is 1.33. The van der Waals surface area contributed by atoms with Crippen molar-refractivity contribution < 1.29 is 23.9 Å². The van der Waals surface area contributed by atoms with Crippen LogP contribution in [-0.2, 0) is 9.59 Å². The summed E-state index contributed by atoms with van der Waals surface area (Å²) in [5, 5.41) is 9.40. The fraction of sp³-hybridized carbons (Fsp3) is 0.111. The van der Waals surface area contributed by atoms with Crippen LogP contribution in [0.25, 0.3) is 17.4 Å². The minimum absolute atomic E-state index is 0.0870. The zero-order valence-corrected chi connectivity index (χ0v) is 14.7. The number of carboxylic acids is 1. The number of carboxylic acid groups (broad SMARTS) is 1. The van der Waals surface area contributed by atoms with Crippen molar-refractivity contribution >= 4 is 41.2 Å². The maximum Gasteiger partial charge on any atom is 0.336 e. The van der Waals surface area contributed by atoms with Gasteiger partial charge in [0.15, 0.2) is 5.11 Å². The molecule has 1 saturated heterocycles. The average molecular weight is 370 g/mol. The lowest BCUT2D eigenvalue weighted by Gasteiger charge is -2.31. The molecule has 1 aliphatic heterocycles. The second-order valence-corrected chi connectivity index (χ2v) is 5.99. The number of aromatic carboxylic acids is 1. The van der Waals surface area contributed by atoms with Gasteiger partial charge in [-0.15, -0.1) is 0 Å². The predicted octanol–water partition coefficient (Wildman–Crippen LogP) is 2.24.